The van der Waals surface area contributed by atoms with E-state index in [9.17, 15) is 9.90 Å². The Bertz CT molecular complexity index is 1090. The summed E-state index contributed by atoms with van der Waals surface area (Å²) in [6.45, 7) is 5.86. The molecule has 3 atom stereocenters. The normalized spacial score (nSPS) is 19.2. The molecule has 0 saturated carbocycles. The number of nitrogens with zero attached hydrogens (tertiary/aromatic N) is 3. The Balaban J connectivity index is 1.65. The standard InChI is InChI=1S/C28H33N3O3/c1-20-16-31(21(2)19-32)28(33)25-14-24(23-12-8-5-9-13-23)15-29-27(25)34-26(20)18-30(3)17-22-10-6-4-7-11-22/h4-15,20-21,26,32H,16-19H2,1-3H3/t20-,21+,26-/m0/s1. The number of fused-ring (bicyclic) bond motifs is 1. The van der Waals surface area contributed by atoms with Crippen molar-refractivity contribution in [2.45, 2.75) is 32.5 Å². The molecule has 4 rings (SSSR count). The quantitative estimate of drug-likeness (QED) is 0.576. The van der Waals surface area contributed by atoms with Gasteiger partial charge in [0, 0.05) is 37.3 Å². The first-order chi connectivity index (χ1) is 16.5. The van der Waals surface area contributed by atoms with Crippen molar-refractivity contribution in [1.29, 1.82) is 0 Å². The third-order valence-electron chi connectivity index (χ3n) is 6.42. The zero-order valence-electron chi connectivity index (χ0n) is 20.1. The largest absolute Gasteiger partial charge is 0.472 e. The summed E-state index contributed by atoms with van der Waals surface area (Å²) in [7, 11) is 2.08. The Hall–Kier alpha value is -3.22. The molecular weight excluding hydrogens is 426 g/mol. The van der Waals surface area contributed by atoms with Crippen molar-refractivity contribution in [3.63, 3.8) is 0 Å². The topological polar surface area (TPSA) is 65.9 Å². The van der Waals surface area contributed by atoms with Gasteiger partial charge in [0.25, 0.3) is 5.91 Å². The fourth-order valence-corrected chi connectivity index (χ4v) is 4.38. The van der Waals surface area contributed by atoms with Crippen LogP contribution in [-0.2, 0) is 6.54 Å². The number of rotatable bonds is 7. The first kappa shape index (κ1) is 23.9. The molecule has 1 N–H and O–H groups in total. The second-order valence-corrected chi connectivity index (χ2v) is 9.25. The van der Waals surface area contributed by atoms with Gasteiger partial charge in [-0.05, 0) is 31.2 Å². The number of pyridine rings is 1. The number of benzene rings is 2. The van der Waals surface area contributed by atoms with Gasteiger partial charge in [-0.2, -0.15) is 0 Å². The van der Waals surface area contributed by atoms with Crippen molar-refractivity contribution in [2.75, 3.05) is 26.7 Å². The van der Waals surface area contributed by atoms with Crippen molar-refractivity contribution < 1.29 is 14.6 Å². The van der Waals surface area contributed by atoms with Crippen LogP contribution >= 0.6 is 0 Å². The van der Waals surface area contributed by atoms with Crippen LogP contribution in [0.5, 0.6) is 5.88 Å². The highest BCUT2D eigenvalue weighted by molar-refractivity contribution is 5.98. The van der Waals surface area contributed by atoms with Gasteiger partial charge < -0.3 is 14.7 Å². The molecule has 0 fully saturated rings. The van der Waals surface area contributed by atoms with Crippen LogP contribution in [0.2, 0.25) is 0 Å². The number of carbonyl (C=O) groups excluding carboxylic acids is 1. The molecule has 1 amide bonds. The molecule has 0 bridgehead atoms. The lowest BCUT2D eigenvalue weighted by atomic mass is 9.99. The molecule has 34 heavy (non-hydrogen) atoms. The van der Waals surface area contributed by atoms with E-state index >= 15 is 0 Å². The molecule has 6 nitrogen and oxygen atoms in total. The summed E-state index contributed by atoms with van der Waals surface area (Å²) in [5.74, 6) is 0.245. The number of aliphatic hydroxyl groups excluding tert-OH is 1. The molecule has 1 aromatic heterocycles. The lowest BCUT2D eigenvalue weighted by molar-refractivity contribution is 0.0325. The average molecular weight is 460 g/mol. The minimum absolute atomic E-state index is 0.0555. The van der Waals surface area contributed by atoms with Crippen LogP contribution in [0.3, 0.4) is 0 Å². The van der Waals surface area contributed by atoms with Crippen LogP contribution < -0.4 is 4.74 Å². The Morgan fingerprint density at radius 3 is 2.47 bits per heavy atom. The third-order valence-corrected chi connectivity index (χ3v) is 6.42. The van der Waals surface area contributed by atoms with Crippen molar-refractivity contribution >= 4 is 5.91 Å². The molecule has 1 aliphatic heterocycles. The molecule has 0 unspecified atom stereocenters. The second-order valence-electron chi connectivity index (χ2n) is 9.25. The number of hydrogen-bond donors (Lipinski definition) is 1. The maximum absolute atomic E-state index is 13.6. The molecule has 178 valence electrons. The molecular formula is C28H33N3O3. The van der Waals surface area contributed by atoms with Crippen LogP contribution in [0.15, 0.2) is 72.9 Å². The minimum atomic E-state index is -0.302. The van der Waals surface area contributed by atoms with Gasteiger partial charge in [0.2, 0.25) is 5.88 Å². The van der Waals surface area contributed by atoms with E-state index in [1.807, 2.05) is 61.5 Å². The van der Waals surface area contributed by atoms with E-state index in [0.717, 1.165) is 17.7 Å². The predicted octanol–water partition coefficient (Wildman–Crippen LogP) is 4.10. The van der Waals surface area contributed by atoms with Gasteiger partial charge in [-0.3, -0.25) is 9.69 Å². The Kier molecular flexibility index (Phi) is 7.60. The van der Waals surface area contributed by atoms with E-state index in [1.54, 1.807) is 11.1 Å². The second kappa shape index (κ2) is 10.8. The molecule has 0 spiro atoms. The zero-order chi connectivity index (χ0) is 24.1. The summed E-state index contributed by atoms with van der Waals surface area (Å²) in [6, 6.07) is 21.8. The molecule has 2 aromatic carbocycles. The van der Waals surface area contributed by atoms with Gasteiger partial charge in [-0.25, -0.2) is 4.98 Å². The van der Waals surface area contributed by atoms with Gasteiger partial charge in [-0.15, -0.1) is 0 Å². The molecule has 6 heteroatoms. The number of hydrogen-bond acceptors (Lipinski definition) is 5. The third kappa shape index (κ3) is 5.46. The van der Waals surface area contributed by atoms with Crippen LogP contribution in [0.1, 0.15) is 29.8 Å². The summed E-state index contributed by atoms with van der Waals surface area (Å²) < 4.78 is 6.42. The highest BCUT2D eigenvalue weighted by atomic mass is 16.5. The van der Waals surface area contributed by atoms with Gasteiger partial charge in [0.05, 0.1) is 12.6 Å². The average Bonchev–Trinajstić information content (AvgIpc) is 2.86. The summed E-state index contributed by atoms with van der Waals surface area (Å²) in [5.41, 5.74) is 3.52. The minimum Gasteiger partial charge on any atom is -0.472 e. The SMILES string of the molecule is C[C@H](CO)N1C[C@H](C)[C@H](CN(C)Cc2ccccc2)Oc2ncc(-c3ccccc3)cc2C1=O. The fourth-order valence-electron chi connectivity index (χ4n) is 4.38. The number of carbonyl (C=O) groups is 1. The molecule has 1 aliphatic rings. The Labute approximate surface area is 201 Å². The van der Waals surface area contributed by atoms with Crippen LogP contribution in [0, 0.1) is 5.92 Å². The van der Waals surface area contributed by atoms with Crippen LogP contribution in [0.25, 0.3) is 11.1 Å². The number of amides is 1. The van der Waals surface area contributed by atoms with E-state index in [2.05, 4.69) is 36.0 Å². The number of aliphatic hydroxyl groups is 1. The monoisotopic (exact) mass is 459 g/mol. The summed E-state index contributed by atoms with van der Waals surface area (Å²) >= 11 is 0. The molecule has 0 radical (unpaired) electrons. The molecule has 3 aromatic rings. The molecule has 2 heterocycles. The summed E-state index contributed by atoms with van der Waals surface area (Å²) in [6.07, 6.45) is 1.60. The van der Waals surface area contributed by atoms with E-state index in [4.69, 9.17) is 4.74 Å². The maximum atomic E-state index is 13.6. The Morgan fingerprint density at radius 2 is 1.79 bits per heavy atom. The van der Waals surface area contributed by atoms with Gasteiger partial charge in [0.15, 0.2) is 0 Å². The van der Waals surface area contributed by atoms with E-state index in [-0.39, 0.29) is 30.6 Å². The Morgan fingerprint density at radius 1 is 1.12 bits per heavy atom. The van der Waals surface area contributed by atoms with E-state index in [1.165, 1.54) is 5.56 Å². The molecule has 0 aliphatic carbocycles. The van der Waals surface area contributed by atoms with E-state index < -0.39 is 0 Å². The summed E-state index contributed by atoms with van der Waals surface area (Å²) in [5, 5.41) is 9.86. The lowest BCUT2D eigenvalue weighted by Gasteiger charge is -2.37. The highest BCUT2D eigenvalue weighted by Gasteiger charge is 2.34. The molecule has 0 saturated heterocycles. The first-order valence-corrected chi connectivity index (χ1v) is 11.8. The van der Waals surface area contributed by atoms with Gasteiger partial charge in [0.1, 0.15) is 11.7 Å². The number of aromatic nitrogens is 1. The first-order valence-electron chi connectivity index (χ1n) is 11.8. The van der Waals surface area contributed by atoms with Crippen LogP contribution in [0.4, 0.5) is 0 Å². The fraction of sp³-hybridized carbons (Fsp3) is 0.357. The number of likely N-dealkylation sites (N-methyl/N-ethyl adjacent to an activating group) is 1. The van der Waals surface area contributed by atoms with Crippen molar-refractivity contribution in [2.24, 2.45) is 5.92 Å². The van der Waals surface area contributed by atoms with E-state index in [0.29, 0.717) is 24.5 Å². The zero-order valence-corrected chi connectivity index (χ0v) is 20.1. The van der Waals surface area contributed by atoms with Crippen molar-refractivity contribution in [3.8, 4) is 17.0 Å². The van der Waals surface area contributed by atoms with Gasteiger partial charge >= 0.3 is 0 Å². The highest BCUT2D eigenvalue weighted by Crippen LogP contribution is 2.30. The number of ether oxygens (including phenoxy) is 1. The van der Waals surface area contributed by atoms with Crippen molar-refractivity contribution in [1.82, 2.24) is 14.8 Å². The summed E-state index contributed by atoms with van der Waals surface area (Å²) in [4.78, 5) is 22.2. The lowest BCUT2D eigenvalue weighted by Crippen LogP contribution is -2.49. The van der Waals surface area contributed by atoms with Gasteiger partial charge in [-0.1, -0.05) is 67.6 Å². The van der Waals surface area contributed by atoms with Crippen molar-refractivity contribution in [3.05, 3.63) is 84.1 Å². The predicted molar refractivity (Wildman–Crippen MR) is 134 cm³/mol. The smallest absolute Gasteiger partial charge is 0.259 e. The maximum Gasteiger partial charge on any atom is 0.259 e. The van der Waals surface area contributed by atoms with Crippen LogP contribution in [-0.4, -0.2) is 64.7 Å².